The molecule has 5 rings (SSSR count). The Morgan fingerprint density at radius 3 is 2.12 bits per heavy atom. The molecule has 0 spiro atoms. The fraction of sp³-hybridized carbons (Fsp3) is 0.167. The standard InChI is InChI=1S/C30H26FNO/c1-21-8-7-13-28(23-9-3-2-4-10-23)29(21)30(33)32(20-22-14-16-26(31)17-15-22)27-18-24-11-5-6-12-25(24)19-27/h2-17,27H,18-20H2,1H3. The molecule has 0 saturated carbocycles. The molecule has 0 fully saturated rings. The first kappa shape index (κ1) is 21.1. The smallest absolute Gasteiger partial charge is 0.255 e. The lowest BCUT2D eigenvalue weighted by molar-refractivity contribution is 0.0668. The molecule has 0 N–H and O–H groups in total. The van der Waals surface area contributed by atoms with E-state index in [0.29, 0.717) is 6.54 Å². The topological polar surface area (TPSA) is 20.3 Å². The second-order valence-corrected chi connectivity index (χ2v) is 8.75. The van der Waals surface area contributed by atoms with Gasteiger partial charge >= 0.3 is 0 Å². The number of hydrogen-bond acceptors (Lipinski definition) is 1. The van der Waals surface area contributed by atoms with Gasteiger partial charge in [0.15, 0.2) is 0 Å². The van der Waals surface area contributed by atoms with Gasteiger partial charge in [-0.05, 0) is 65.3 Å². The van der Waals surface area contributed by atoms with Crippen LogP contribution in [0.15, 0.2) is 97.1 Å². The number of aryl methyl sites for hydroxylation is 1. The summed E-state index contributed by atoms with van der Waals surface area (Å²) in [5.74, 6) is -0.246. The normalized spacial score (nSPS) is 13.0. The zero-order valence-corrected chi connectivity index (χ0v) is 18.7. The Morgan fingerprint density at radius 2 is 1.45 bits per heavy atom. The van der Waals surface area contributed by atoms with Crippen LogP contribution >= 0.6 is 0 Å². The van der Waals surface area contributed by atoms with Crippen LogP contribution in [0.5, 0.6) is 0 Å². The van der Waals surface area contributed by atoms with Gasteiger partial charge in [-0.25, -0.2) is 4.39 Å². The molecule has 1 aliphatic carbocycles. The van der Waals surface area contributed by atoms with Gasteiger partial charge in [-0.3, -0.25) is 4.79 Å². The van der Waals surface area contributed by atoms with Gasteiger partial charge in [0.05, 0.1) is 5.56 Å². The minimum Gasteiger partial charge on any atom is -0.331 e. The Balaban J connectivity index is 1.56. The summed E-state index contributed by atoms with van der Waals surface area (Å²) in [6.45, 7) is 2.44. The first-order valence-electron chi connectivity index (χ1n) is 11.4. The van der Waals surface area contributed by atoms with Crippen LogP contribution < -0.4 is 0 Å². The molecule has 0 radical (unpaired) electrons. The second kappa shape index (κ2) is 9.03. The number of carbonyl (C=O) groups is 1. The molecule has 33 heavy (non-hydrogen) atoms. The Kier molecular flexibility index (Phi) is 5.78. The molecular weight excluding hydrogens is 409 g/mol. The molecule has 164 valence electrons. The summed E-state index contributed by atoms with van der Waals surface area (Å²) in [5, 5.41) is 0. The SMILES string of the molecule is Cc1cccc(-c2ccccc2)c1C(=O)N(Cc1ccc(F)cc1)C1Cc2ccccc2C1. The predicted octanol–water partition coefficient (Wildman–Crippen LogP) is 6.61. The molecule has 0 atom stereocenters. The maximum Gasteiger partial charge on any atom is 0.255 e. The van der Waals surface area contributed by atoms with E-state index in [-0.39, 0.29) is 17.8 Å². The van der Waals surface area contributed by atoms with Crippen LogP contribution in [-0.4, -0.2) is 16.8 Å². The minimum absolute atomic E-state index is 0.0223. The molecule has 0 aliphatic heterocycles. The van der Waals surface area contributed by atoms with E-state index in [9.17, 15) is 9.18 Å². The third-order valence-corrected chi connectivity index (χ3v) is 6.57. The predicted molar refractivity (Wildman–Crippen MR) is 131 cm³/mol. The molecule has 3 heteroatoms. The molecule has 4 aromatic rings. The number of rotatable bonds is 5. The van der Waals surface area contributed by atoms with Crippen LogP contribution in [0.4, 0.5) is 4.39 Å². The summed E-state index contributed by atoms with van der Waals surface area (Å²) in [4.78, 5) is 16.2. The van der Waals surface area contributed by atoms with E-state index >= 15 is 0 Å². The average Bonchev–Trinajstić information content (AvgIpc) is 3.27. The maximum atomic E-state index is 14.2. The Hall–Kier alpha value is -3.72. The molecule has 0 saturated heterocycles. The molecule has 4 aromatic carbocycles. The summed E-state index contributed by atoms with van der Waals surface area (Å²) in [6.07, 6.45) is 1.66. The highest BCUT2D eigenvalue weighted by Crippen LogP contribution is 2.32. The fourth-order valence-electron chi connectivity index (χ4n) is 4.86. The minimum atomic E-state index is -0.268. The van der Waals surface area contributed by atoms with E-state index < -0.39 is 0 Å². The highest BCUT2D eigenvalue weighted by atomic mass is 19.1. The highest BCUT2D eigenvalue weighted by Gasteiger charge is 2.32. The van der Waals surface area contributed by atoms with Crippen molar-refractivity contribution in [3.8, 4) is 11.1 Å². The molecule has 0 heterocycles. The van der Waals surface area contributed by atoms with Crippen molar-refractivity contribution in [1.29, 1.82) is 0 Å². The van der Waals surface area contributed by atoms with Crippen LogP contribution in [0, 0.1) is 12.7 Å². The van der Waals surface area contributed by atoms with Crippen molar-refractivity contribution in [3.63, 3.8) is 0 Å². The van der Waals surface area contributed by atoms with Gasteiger partial charge in [0.25, 0.3) is 5.91 Å². The summed E-state index contributed by atoms with van der Waals surface area (Å²) >= 11 is 0. The number of hydrogen-bond donors (Lipinski definition) is 0. The quantitative estimate of drug-likeness (QED) is 0.345. The van der Waals surface area contributed by atoms with Gasteiger partial charge in [0.1, 0.15) is 5.82 Å². The molecule has 2 nitrogen and oxygen atoms in total. The fourth-order valence-corrected chi connectivity index (χ4v) is 4.86. The highest BCUT2D eigenvalue weighted by molar-refractivity contribution is 6.02. The van der Waals surface area contributed by atoms with Crippen molar-refractivity contribution in [2.45, 2.75) is 32.4 Å². The van der Waals surface area contributed by atoms with Gasteiger partial charge in [-0.15, -0.1) is 0 Å². The third-order valence-electron chi connectivity index (χ3n) is 6.57. The van der Waals surface area contributed by atoms with Crippen molar-refractivity contribution in [2.24, 2.45) is 0 Å². The number of halogens is 1. The zero-order chi connectivity index (χ0) is 22.8. The monoisotopic (exact) mass is 435 g/mol. The zero-order valence-electron chi connectivity index (χ0n) is 18.7. The number of benzene rings is 4. The van der Waals surface area contributed by atoms with Crippen LogP contribution in [0.2, 0.25) is 0 Å². The summed E-state index contributed by atoms with van der Waals surface area (Å²) in [5.41, 5.74) is 7.19. The number of fused-ring (bicyclic) bond motifs is 1. The maximum absolute atomic E-state index is 14.2. The van der Waals surface area contributed by atoms with Crippen molar-refractivity contribution >= 4 is 5.91 Å². The van der Waals surface area contributed by atoms with Gasteiger partial charge in [0, 0.05) is 12.6 Å². The second-order valence-electron chi connectivity index (χ2n) is 8.75. The van der Waals surface area contributed by atoms with E-state index in [1.165, 1.54) is 23.3 Å². The van der Waals surface area contributed by atoms with Crippen molar-refractivity contribution < 1.29 is 9.18 Å². The van der Waals surface area contributed by atoms with E-state index in [0.717, 1.165) is 40.7 Å². The molecule has 0 bridgehead atoms. The summed E-state index contributed by atoms with van der Waals surface area (Å²) in [6, 6.07) is 31.0. The van der Waals surface area contributed by atoms with Crippen LogP contribution in [-0.2, 0) is 19.4 Å². The van der Waals surface area contributed by atoms with Crippen LogP contribution in [0.25, 0.3) is 11.1 Å². The van der Waals surface area contributed by atoms with E-state index in [1.807, 2.05) is 60.4 Å². The van der Waals surface area contributed by atoms with Crippen molar-refractivity contribution in [3.05, 3.63) is 131 Å². The first-order valence-corrected chi connectivity index (χ1v) is 11.4. The Bertz CT molecular complexity index is 1260. The lowest BCUT2D eigenvalue weighted by Crippen LogP contribution is -2.41. The van der Waals surface area contributed by atoms with Crippen molar-refractivity contribution in [1.82, 2.24) is 4.90 Å². The Labute approximate surface area is 194 Å². The molecule has 0 unspecified atom stereocenters. The average molecular weight is 436 g/mol. The number of amides is 1. The number of nitrogens with zero attached hydrogens (tertiary/aromatic N) is 1. The summed E-state index contributed by atoms with van der Waals surface area (Å²) < 4.78 is 13.5. The van der Waals surface area contributed by atoms with Crippen LogP contribution in [0.3, 0.4) is 0 Å². The van der Waals surface area contributed by atoms with Gasteiger partial charge in [-0.2, -0.15) is 0 Å². The van der Waals surface area contributed by atoms with Gasteiger partial charge in [-0.1, -0.05) is 84.9 Å². The first-order chi connectivity index (χ1) is 16.1. The van der Waals surface area contributed by atoms with E-state index in [2.05, 4.69) is 24.3 Å². The third kappa shape index (κ3) is 4.31. The molecule has 0 aromatic heterocycles. The molecular formula is C30H26FNO. The van der Waals surface area contributed by atoms with Gasteiger partial charge in [0.2, 0.25) is 0 Å². The van der Waals surface area contributed by atoms with E-state index in [1.54, 1.807) is 12.1 Å². The lowest BCUT2D eigenvalue weighted by atomic mass is 9.94. The van der Waals surface area contributed by atoms with Crippen molar-refractivity contribution in [2.75, 3.05) is 0 Å². The van der Waals surface area contributed by atoms with E-state index in [4.69, 9.17) is 0 Å². The lowest BCUT2D eigenvalue weighted by Gasteiger charge is -2.31. The largest absolute Gasteiger partial charge is 0.331 e. The van der Waals surface area contributed by atoms with Crippen LogP contribution in [0.1, 0.15) is 32.6 Å². The molecule has 1 amide bonds. The Morgan fingerprint density at radius 1 is 0.818 bits per heavy atom. The summed E-state index contributed by atoms with van der Waals surface area (Å²) in [7, 11) is 0. The van der Waals surface area contributed by atoms with Gasteiger partial charge < -0.3 is 4.90 Å². The molecule has 1 aliphatic rings. The number of carbonyl (C=O) groups excluding carboxylic acids is 1.